The summed E-state index contributed by atoms with van der Waals surface area (Å²) in [5, 5.41) is 2.91. The van der Waals surface area contributed by atoms with Crippen LogP contribution in [0.15, 0.2) is 30.3 Å². The Morgan fingerprint density at radius 2 is 1.33 bits per heavy atom. The molecule has 3 rings (SSSR count). The van der Waals surface area contributed by atoms with Gasteiger partial charge in [-0.3, -0.25) is 0 Å². The van der Waals surface area contributed by atoms with Crippen LogP contribution in [0.25, 0.3) is 0 Å². The van der Waals surface area contributed by atoms with Crippen molar-refractivity contribution in [2.75, 3.05) is 26.2 Å². The Labute approximate surface area is 228 Å². The summed E-state index contributed by atoms with van der Waals surface area (Å²) in [6, 6.07) is 7.30. The molecular weight excluding hydrogens is 520 g/mol. The van der Waals surface area contributed by atoms with Crippen LogP contribution in [0.3, 0.4) is 0 Å². The van der Waals surface area contributed by atoms with Crippen LogP contribution in [0.5, 0.6) is 0 Å². The molecule has 2 aliphatic heterocycles. The first-order valence-corrected chi connectivity index (χ1v) is 13.0. The lowest BCUT2D eigenvalue weighted by molar-refractivity contribution is -0.0918. The highest BCUT2D eigenvalue weighted by atomic mass is 19.3. The molecule has 1 aromatic rings. The average molecular weight is 563 g/mol. The van der Waals surface area contributed by atoms with Gasteiger partial charge in [0.05, 0.1) is 25.2 Å². The Balaban J connectivity index is 0.000000293. The van der Waals surface area contributed by atoms with Gasteiger partial charge in [-0.1, -0.05) is 30.3 Å². The summed E-state index contributed by atoms with van der Waals surface area (Å²) < 4.78 is 65.3. The maximum atomic E-state index is 14.3. The molecule has 2 aliphatic rings. The maximum absolute atomic E-state index is 14.3. The topological polar surface area (TPSA) is 97.1 Å². The van der Waals surface area contributed by atoms with Gasteiger partial charge in [-0.05, 0) is 59.9 Å². The van der Waals surface area contributed by atoms with Crippen molar-refractivity contribution < 1.29 is 36.6 Å². The summed E-state index contributed by atoms with van der Waals surface area (Å²) in [5.74, 6) is -6.01. The summed E-state index contributed by atoms with van der Waals surface area (Å²) in [6.07, 6.45) is -1.11. The van der Waals surface area contributed by atoms with E-state index in [1.165, 1.54) is 0 Å². The van der Waals surface area contributed by atoms with Crippen molar-refractivity contribution >= 4 is 12.2 Å². The summed E-state index contributed by atoms with van der Waals surface area (Å²) in [5.41, 5.74) is 4.87. The van der Waals surface area contributed by atoms with Gasteiger partial charge in [0.25, 0.3) is 11.8 Å². The number of benzene rings is 1. The maximum Gasteiger partial charge on any atom is 0.410 e. The Hall–Kier alpha value is -2.60. The van der Waals surface area contributed by atoms with E-state index in [0.29, 0.717) is 6.54 Å². The van der Waals surface area contributed by atoms with Gasteiger partial charge in [-0.2, -0.15) is 0 Å². The fraction of sp³-hybridized carbons (Fsp3) is 0.704. The number of halogens is 4. The molecule has 1 aromatic carbocycles. The molecule has 2 saturated heterocycles. The minimum absolute atomic E-state index is 0.0895. The van der Waals surface area contributed by atoms with E-state index in [2.05, 4.69) is 5.32 Å². The first-order chi connectivity index (χ1) is 17.8. The van der Waals surface area contributed by atoms with Crippen molar-refractivity contribution in [1.82, 2.24) is 15.1 Å². The molecule has 2 fully saturated rings. The molecule has 0 bridgehead atoms. The van der Waals surface area contributed by atoms with Crippen LogP contribution in [0.4, 0.5) is 27.2 Å². The molecule has 39 heavy (non-hydrogen) atoms. The minimum Gasteiger partial charge on any atom is -0.444 e. The summed E-state index contributed by atoms with van der Waals surface area (Å²) in [7, 11) is 0. The molecule has 2 heterocycles. The molecule has 2 amide bonds. The number of nitrogens with two attached hydrogens (primary N) is 1. The Bertz CT molecular complexity index is 951. The predicted molar refractivity (Wildman–Crippen MR) is 140 cm³/mol. The number of alkyl halides is 4. The van der Waals surface area contributed by atoms with E-state index >= 15 is 0 Å². The van der Waals surface area contributed by atoms with E-state index in [0.717, 1.165) is 15.4 Å². The van der Waals surface area contributed by atoms with Crippen molar-refractivity contribution in [3.8, 4) is 0 Å². The van der Waals surface area contributed by atoms with E-state index in [-0.39, 0.29) is 25.9 Å². The molecule has 8 nitrogen and oxygen atoms in total. The quantitative estimate of drug-likeness (QED) is 0.503. The van der Waals surface area contributed by atoms with Crippen molar-refractivity contribution in [3.63, 3.8) is 0 Å². The van der Waals surface area contributed by atoms with Gasteiger partial charge in [0.15, 0.2) is 0 Å². The van der Waals surface area contributed by atoms with Gasteiger partial charge >= 0.3 is 12.2 Å². The first kappa shape index (κ1) is 32.6. The van der Waals surface area contributed by atoms with Gasteiger partial charge in [-0.25, -0.2) is 27.2 Å². The zero-order chi connectivity index (χ0) is 29.6. The summed E-state index contributed by atoms with van der Waals surface area (Å²) in [6.45, 7) is 9.81. The van der Waals surface area contributed by atoms with E-state index in [9.17, 15) is 27.2 Å². The number of carbonyl (C=O) groups excluding carboxylic acids is 2. The van der Waals surface area contributed by atoms with Crippen LogP contribution in [0.1, 0.15) is 59.9 Å². The lowest BCUT2D eigenvalue weighted by atomic mass is 10.0. The van der Waals surface area contributed by atoms with Crippen molar-refractivity contribution in [2.24, 2.45) is 5.73 Å². The first-order valence-electron chi connectivity index (χ1n) is 13.0. The Morgan fingerprint density at radius 3 is 1.77 bits per heavy atom. The zero-order valence-corrected chi connectivity index (χ0v) is 23.6. The number of nitrogens with one attached hydrogen (secondary N) is 1. The van der Waals surface area contributed by atoms with Crippen LogP contribution in [-0.2, 0) is 16.0 Å². The lowest BCUT2D eigenvalue weighted by Crippen LogP contribution is -2.58. The lowest BCUT2D eigenvalue weighted by Gasteiger charge is -2.39. The predicted octanol–water partition coefficient (Wildman–Crippen LogP) is 5.01. The van der Waals surface area contributed by atoms with Gasteiger partial charge in [-0.15, -0.1) is 0 Å². The molecule has 2 unspecified atom stereocenters. The number of ether oxygens (including phenoxy) is 2. The van der Waals surface area contributed by atoms with Crippen LogP contribution in [0, 0.1) is 0 Å². The molecule has 0 radical (unpaired) electrons. The van der Waals surface area contributed by atoms with E-state index < -0.39 is 60.4 Å². The third kappa shape index (κ3) is 10.8. The highest BCUT2D eigenvalue weighted by molar-refractivity contribution is 5.68. The number of nitrogens with zero attached hydrogens (tertiary/aromatic N) is 2. The fourth-order valence-electron chi connectivity index (χ4n) is 3.95. The fourth-order valence-corrected chi connectivity index (χ4v) is 3.95. The molecule has 0 aliphatic carbocycles. The third-order valence-corrected chi connectivity index (χ3v) is 5.95. The SMILES string of the molecule is CC(C)(C)OC(=O)N1CCC(N)C(F)(F)C1.CC(C)(C)OC(=O)N1CCC(NCc2ccccc2)C(F)(F)C1. The smallest absolute Gasteiger partial charge is 0.410 e. The molecule has 0 aromatic heterocycles. The highest BCUT2D eigenvalue weighted by Gasteiger charge is 2.47. The number of carbonyl (C=O) groups is 2. The second-order valence-electron chi connectivity index (χ2n) is 11.9. The zero-order valence-electron chi connectivity index (χ0n) is 23.6. The molecule has 0 saturated carbocycles. The number of hydrogen-bond donors (Lipinski definition) is 2. The van der Waals surface area contributed by atoms with Crippen molar-refractivity contribution in [1.29, 1.82) is 0 Å². The highest BCUT2D eigenvalue weighted by Crippen LogP contribution is 2.29. The summed E-state index contributed by atoms with van der Waals surface area (Å²) >= 11 is 0. The van der Waals surface area contributed by atoms with Gasteiger partial charge in [0.1, 0.15) is 11.2 Å². The van der Waals surface area contributed by atoms with Crippen LogP contribution in [0.2, 0.25) is 0 Å². The second-order valence-corrected chi connectivity index (χ2v) is 11.9. The minimum atomic E-state index is -3.03. The monoisotopic (exact) mass is 562 g/mol. The second kappa shape index (κ2) is 12.7. The number of piperidine rings is 2. The van der Waals surface area contributed by atoms with E-state index in [4.69, 9.17) is 15.2 Å². The summed E-state index contributed by atoms with van der Waals surface area (Å²) in [4.78, 5) is 25.6. The molecule has 222 valence electrons. The van der Waals surface area contributed by atoms with E-state index in [1.807, 2.05) is 30.3 Å². The van der Waals surface area contributed by atoms with E-state index in [1.54, 1.807) is 41.5 Å². The van der Waals surface area contributed by atoms with Crippen molar-refractivity contribution in [2.45, 2.75) is 96.1 Å². The average Bonchev–Trinajstić information content (AvgIpc) is 2.78. The molecule has 0 spiro atoms. The number of likely N-dealkylation sites (tertiary alicyclic amines) is 2. The van der Waals surface area contributed by atoms with Crippen LogP contribution in [-0.4, -0.2) is 83.3 Å². The molecule has 2 atom stereocenters. The number of amides is 2. The van der Waals surface area contributed by atoms with Gasteiger partial charge < -0.3 is 30.3 Å². The van der Waals surface area contributed by atoms with Crippen molar-refractivity contribution in [3.05, 3.63) is 35.9 Å². The third-order valence-electron chi connectivity index (χ3n) is 5.95. The van der Waals surface area contributed by atoms with Gasteiger partial charge in [0, 0.05) is 19.6 Å². The number of rotatable bonds is 3. The van der Waals surface area contributed by atoms with Crippen LogP contribution >= 0.6 is 0 Å². The van der Waals surface area contributed by atoms with Gasteiger partial charge in [0.2, 0.25) is 0 Å². The molecule has 12 heteroatoms. The largest absolute Gasteiger partial charge is 0.444 e. The Morgan fingerprint density at radius 1 is 0.872 bits per heavy atom. The number of hydrogen-bond acceptors (Lipinski definition) is 6. The molecule has 3 N–H and O–H groups in total. The van der Waals surface area contributed by atoms with Crippen LogP contribution < -0.4 is 11.1 Å². The normalized spacial score (nSPS) is 22.8. The standard InChI is InChI=1S/C17H24F2N2O2.C10H18F2N2O2/c1-16(2,3)23-15(22)21-10-9-14(17(18,19)12-21)20-11-13-7-5-4-6-8-13;1-9(2,3)16-8(15)14-5-4-7(13)10(11,12)6-14/h4-8,14,20H,9-12H2,1-3H3;7H,4-6,13H2,1-3H3. The molecular formula is C27H42F4N4O4. The Kier molecular flexibility index (Phi) is 10.6.